The second-order valence-corrected chi connectivity index (χ2v) is 8.63. The van der Waals surface area contributed by atoms with Crippen LogP contribution in [0.15, 0.2) is 47.3 Å². The van der Waals surface area contributed by atoms with Crippen LogP contribution in [0, 0.1) is 4.77 Å². The predicted octanol–water partition coefficient (Wildman–Crippen LogP) is 1.91. The minimum absolute atomic E-state index is 0.129. The second-order valence-electron chi connectivity index (χ2n) is 8.24. The van der Waals surface area contributed by atoms with E-state index in [0.717, 1.165) is 24.3 Å². The number of aromatic amines is 1. The molecule has 8 heteroatoms. The van der Waals surface area contributed by atoms with E-state index in [1.807, 2.05) is 24.3 Å². The number of H-pyrrole nitrogens is 1. The lowest BCUT2D eigenvalue weighted by molar-refractivity contribution is -0.909. The molecule has 168 valence electrons. The molecule has 2 atom stereocenters. The Kier molecular flexibility index (Phi) is 6.72. The van der Waals surface area contributed by atoms with Crippen molar-refractivity contribution in [1.82, 2.24) is 14.9 Å². The first-order chi connectivity index (χ1) is 15.5. The third-order valence-corrected chi connectivity index (χ3v) is 6.66. The highest BCUT2D eigenvalue weighted by atomic mass is 32.1. The van der Waals surface area contributed by atoms with E-state index in [4.69, 9.17) is 17.0 Å². The molecule has 4 rings (SSSR count). The molecule has 2 unspecified atom stereocenters. The van der Waals surface area contributed by atoms with Gasteiger partial charge in [-0.15, -0.1) is 0 Å². The molecular formula is C24H29N4O3S+. The maximum absolute atomic E-state index is 13.1. The zero-order valence-electron chi connectivity index (χ0n) is 18.4. The average Bonchev–Trinajstić information content (AvgIpc) is 3.28. The van der Waals surface area contributed by atoms with Gasteiger partial charge in [0.1, 0.15) is 11.8 Å². The molecule has 3 N–H and O–H groups in total. The van der Waals surface area contributed by atoms with E-state index in [1.54, 1.807) is 30.2 Å². The standard InChI is InChI=1S/C24H28N4O3S/c1-3-27-12-4-5-18(27)14-25-22(29)17-8-11-20-21(13-17)26-24(32)28(23(20)30)15-16-6-9-19(31-2)10-7-16/h6-11,13,18H,3-5,12,14-15H2,1-2H3,(H,25,29)(H,26,32)/p+1. The Morgan fingerprint density at radius 1 is 1.28 bits per heavy atom. The van der Waals surface area contributed by atoms with Gasteiger partial charge in [-0.1, -0.05) is 12.1 Å². The number of carbonyl (C=O) groups is 1. The van der Waals surface area contributed by atoms with Crippen molar-refractivity contribution in [3.8, 4) is 5.75 Å². The maximum atomic E-state index is 13.1. The summed E-state index contributed by atoms with van der Waals surface area (Å²) in [7, 11) is 1.61. The molecule has 0 radical (unpaired) electrons. The Morgan fingerprint density at radius 2 is 2.06 bits per heavy atom. The molecular weight excluding hydrogens is 424 g/mol. The Balaban J connectivity index is 1.54. The fourth-order valence-corrected chi connectivity index (χ4v) is 4.72. The lowest BCUT2D eigenvalue weighted by Crippen LogP contribution is -3.14. The first-order valence-electron chi connectivity index (χ1n) is 11.0. The number of nitrogens with zero attached hydrogens (tertiary/aromatic N) is 1. The van der Waals surface area contributed by atoms with Crippen LogP contribution in [0.1, 0.15) is 35.7 Å². The molecule has 0 bridgehead atoms. The molecule has 1 aliphatic heterocycles. The molecule has 3 aromatic rings. The lowest BCUT2D eigenvalue weighted by Gasteiger charge is -2.20. The number of amides is 1. The third kappa shape index (κ3) is 4.61. The summed E-state index contributed by atoms with van der Waals surface area (Å²) in [4.78, 5) is 30.5. The Morgan fingerprint density at radius 3 is 2.78 bits per heavy atom. The van der Waals surface area contributed by atoms with Gasteiger partial charge >= 0.3 is 0 Å². The fourth-order valence-electron chi connectivity index (χ4n) is 4.47. The molecule has 32 heavy (non-hydrogen) atoms. The average molecular weight is 454 g/mol. The summed E-state index contributed by atoms with van der Waals surface area (Å²) in [5, 5.41) is 3.56. The molecule has 0 spiro atoms. The highest BCUT2D eigenvalue weighted by Gasteiger charge is 2.27. The van der Waals surface area contributed by atoms with Gasteiger partial charge in [-0.05, 0) is 55.0 Å². The molecule has 7 nitrogen and oxygen atoms in total. The first-order valence-corrected chi connectivity index (χ1v) is 11.4. The summed E-state index contributed by atoms with van der Waals surface area (Å²) >= 11 is 5.45. The van der Waals surface area contributed by atoms with Gasteiger partial charge in [0.05, 0.1) is 44.2 Å². The smallest absolute Gasteiger partial charge is 0.262 e. The number of hydrogen-bond donors (Lipinski definition) is 3. The topological polar surface area (TPSA) is 80.6 Å². The number of carbonyl (C=O) groups excluding carboxylic acids is 1. The minimum atomic E-state index is -0.181. The van der Waals surface area contributed by atoms with Crippen LogP contribution in [-0.2, 0) is 6.54 Å². The van der Waals surface area contributed by atoms with E-state index >= 15 is 0 Å². The largest absolute Gasteiger partial charge is 0.497 e. The molecule has 2 heterocycles. The van der Waals surface area contributed by atoms with Crippen molar-refractivity contribution in [2.24, 2.45) is 0 Å². The third-order valence-electron chi connectivity index (χ3n) is 6.33. The normalized spacial score (nSPS) is 18.1. The zero-order chi connectivity index (χ0) is 22.7. The van der Waals surface area contributed by atoms with Gasteiger partial charge in [-0.3, -0.25) is 14.2 Å². The molecule has 1 amide bonds. The number of ether oxygens (including phenoxy) is 1. The summed E-state index contributed by atoms with van der Waals surface area (Å²) < 4.78 is 7.04. The maximum Gasteiger partial charge on any atom is 0.262 e. The summed E-state index contributed by atoms with van der Waals surface area (Å²) in [5.41, 5.74) is 1.85. The van der Waals surface area contributed by atoms with Crippen molar-refractivity contribution in [2.75, 3.05) is 26.7 Å². The van der Waals surface area contributed by atoms with E-state index in [9.17, 15) is 9.59 Å². The van der Waals surface area contributed by atoms with Gasteiger partial charge < -0.3 is 19.9 Å². The molecule has 1 aromatic heterocycles. The Labute approximate surface area is 192 Å². The minimum Gasteiger partial charge on any atom is -0.497 e. The zero-order valence-corrected chi connectivity index (χ0v) is 19.3. The SMILES string of the molecule is CC[NH+]1CCCC1CNC(=O)c1ccc2c(=O)n(Cc3ccc(OC)cc3)c(=S)[nH]c2c1. The monoisotopic (exact) mass is 453 g/mol. The van der Waals surface area contributed by atoms with Crippen molar-refractivity contribution in [3.05, 3.63) is 68.7 Å². The number of quaternary nitrogens is 1. The summed E-state index contributed by atoms with van der Waals surface area (Å²) in [6.45, 7) is 5.46. The van der Waals surface area contributed by atoms with Crippen LogP contribution in [-0.4, -0.2) is 48.2 Å². The first kappa shape index (κ1) is 22.2. The van der Waals surface area contributed by atoms with Crippen molar-refractivity contribution in [3.63, 3.8) is 0 Å². The number of hydrogen-bond acceptors (Lipinski definition) is 4. The quantitative estimate of drug-likeness (QED) is 0.478. The van der Waals surface area contributed by atoms with Crippen LogP contribution in [0.5, 0.6) is 5.75 Å². The van der Waals surface area contributed by atoms with Gasteiger partial charge in [0.2, 0.25) is 0 Å². The molecule has 0 saturated carbocycles. The van der Waals surface area contributed by atoms with Gasteiger partial charge in [0.15, 0.2) is 4.77 Å². The highest BCUT2D eigenvalue weighted by Crippen LogP contribution is 2.14. The van der Waals surface area contributed by atoms with Crippen LogP contribution in [0.3, 0.4) is 0 Å². The number of fused-ring (bicyclic) bond motifs is 1. The predicted molar refractivity (Wildman–Crippen MR) is 127 cm³/mol. The van der Waals surface area contributed by atoms with E-state index in [2.05, 4.69) is 17.2 Å². The van der Waals surface area contributed by atoms with Crippen LogP contribution < -0.4 is 20.5 Å². The summed E-state index contributed by atoms with van der Waals surface area (Å²) in [5.74, 6) is 0.628. The number of methoxy groups -OCH3 is 1. The molecule has 1 fully saturated rings. The molecule has 2 aromatic carbocycles. The number of benzene rings is 2. The van der Waals surface area contributed by atoms with Gasteiger partial charge in [0.25, 0.3) is 11.5 Å². The van der Waals surface area contributed by atoms with Crippen LogP contribution in [0.2, 0.25) is 0 Å². The lowest BCUT2D eigenvalue weighted by atomic mass is 10.1. The number of nitrogens with one attached hydrogen (secondary N) is 3. The van der Waals surface area contributed by atoms with E-state index in [-0.39, 0.29) is 11.5 Å². The molecule has 0 aliphatic carbocycles. The van der Waals surface area contributed by atoms with Gasteiger partial charge in [-0.25, -0.2) is 0 Å². The Bertz CT molecular complexity index is 1230. The van der Waals surface area contributed by atoms with Crippen LogP contribution >= 0.6 is 12.2 Å². The number of likely N-dealkylation sites (N-methyl/N-ethyl adjacent to an activating group) is 1. The highest BCUT2D eigenvalue weighted by molar-refractivity contribution is 7.71. The number of rotatable bonds is 7. The van der Waals surface area contributed by atoms with Crippen molar-refractivity contribution in [1.29, 1.82) is 0 Å². The van der Waals surface area contributed by atoms with E-state index < -0.39 is 0 Å². The van der Waals surface area contributed by atoms with Crippen LogP contribution in [0.4, 0.5) is 0 Å². The fraction of sp³-hybridized carbons (Fsp3) is 0.375. The van der Waals surface area contributed by atoms with Crippen molar-refractivity contribution < 1.29 is 14.4 Å². The Hall–Kier alpha value is -2.97. The van der Waals surface area contributed by atoms with Crippen LogP contribution in [0.25, 0.3) is 10.9 Å². The molecule has 1 aliphatic rings. The summed E-state index contributed by atoms with van der Waals surface area (Å²) in [6, 6.07) is 13.1. The number of aromatic nitrogens is 2. The van der Waals surface area contributed by atoms with E-state index in [0.29, 0.717) is 40.4 Å². The summed E-state index contributed by atoms with van der Waals surface area (Å²) in [6.07, 6.45) is 2.35. The number of likely N-dealkylation sites (tertiary alicyclic amines) is 1. The molecule has 1 saturated heterocycles. The van der Waals surface area contributed by atoms with Crippen molar-refractivity contribution >= 4 is 29.0 Å². The second kappa shape index (κ2) is 9.67. The van der Waals surface area contributed by atoms with Crippen molar-refractivity contribution in [2.45, 2.75) is 32.4 Å². The van der Waals surface area contributed by atoms with Gasteiger partial charge in [-0.2, -0.15) is 0 Å². The van der Waals surface area contributed by atoms with E-state index in [1.165, 1.54) is 17.5 Å². The van der Waals surface area contributed by atoms with Gasteiger partial charge in [0, 0.05) is 18.4 Å².